The van der Waals surface area contributed by atoms with Crippen molar-refractivity contribution in [2.45, 2.75) is 6.42 Å². The van der Waals surface area contributed by atoms with Crippen molar-refractivity contribution in [3.05, 3.63) is 58.1 Å². The highest BCUT2D eigenvalue weighted by atomic mass is 35.5. The van der Waals surface area contributed by atoms with Crippen molar-refractivity contribution >= 4 is 34.8 Å². The molecule has 1 aliphatic rings. The maximum absolute atomic E-state index is 12.2. The summed E-state index contributed by atoms with van der Waals surface area (Å²) in [7, 11) is 1.68. The Morgan fingerprint density at radius 2 is 1.75 bits per heavy atom. The Morgan fingerprint density at radius 3 is 2.39 bits per heavy atom. The van der Waals surface area contributed by atoms with E-state index in [4.69, 9.17) is 27.9 Å². The number of nitrogens with zero attached hydrogens (tertiary/aromatic N) is 2. The number of carbonyl (C=O) groups excluding carboxylic acids is 1. The largest absolute Gasteiger partial charge is 0.497 e. The lowest BCUT2D eigenvalue weighted by atomic mass is 10.2. The number of amides is 1. The SMILES string of the molecule is COc1ccc(N2CCN(CCCNC(=O)c3ccc(Cl)c(Cl)c3)CC2)cc1. The molecule has 150 valence electrons. The molecule has 1 heterocycles. The van der Waals surface area contributed by atoms with Crippen LogP contribution in [0.1, 0.15) is 16.8 Å². The van der Waals surface area contributed by atoms with Crippen LogP contribution in [0.3, 0.4) is 0 Å². The van der Waals surface area contributed by atoms with Gasteiger partial charge in [0, 0.05) is 44.0 Å². The molecular formula is C21H25Cl2N3O2. The molecule has 0 aromatic heterocycles. The molecule has 0 radical (unpaired) electrons. The third-order valence-electron chi connectivity index (χ3n) is 4.93. The Balaban J connectivity index is 1.36. The molecule has 28 heavy (non-hydrogen) atoms. The van der Waals surface area contributed by atoms with E-state index < -0.39 is 0 Å². The van der Waals surface area contributed by atoms with E-state index in [9.17, 15) is 4.79 Å². The molecule has 0 unspecified atom stereocenters. The fourth-order valence-corrected chi connectivity index (χ4v) is 3.56. The Labute approximate surface area is 176 Å². The summed E-state index contributed by atoms with van der Waals surface area (Å²) in [5, 5.41) is 3.78. The van der Waals surface area contributed by atoms with Gasteiger partial charge in [0.05, 0.1) is 17.2 Å². The van der Waals surface area contributed by atoms with Crippen LogP contribution < -0.4 is 15.0 Å². The van der Waals surface area contributed by atoms with Gasteiger partial charge in [-0.25, -0.2) is 0 Å². The summed E-state index contributed by atoms with van der Waals surface area (Å²) in [5.41, 5.74) is 1.76. The average Bonchev–Trinajstić information content (AvgIpc) is 2.73. The van der Waals surface area contributed by atoms with Gasteiger partial charge in [0.15, 0.2) is 0 Å². The molecule has 0 bridgehead atoms. The van der Waals surface area contributed by atoms with E-state index in [0.29, 0.717) is 22.2 Å². The van der Waals surface area contributed by atoms with Gasteiger partial charge in [0.2, 0.25) is 0 Å². The Hall–Kier alpha value is -1.95. The number of hydrogen-bond acceptors (Lipinski definition) is 4. The van der Waals surface area contributed by atoms with E-state index in [1.807, 2.05) is 12.1 Å². The molecule has 1 fully saturated rings. The van der Waals surface area contributed by atoms with E-state index >= 15 is 0 Å². The summed E-state index contributed by atoms with van der Waals surface area (Å²) in [6.45, 7) is 5.65. The first kappa shape index (κ1) is 20.8. The lowest BCUT2D eigenvalue weighted by Gasteiger charge is -2.36. The fraction of sp³-hybridized carbons (Fsp3) is 0.381. The van der Waals surface area contributed by atoms with E-state index in [0.717, 1.165) is 44.9 Å². The number of piperazine rings is 1. The van der Waals surface area contributed by atoms with Gasteiger partial charge in [-0.15, -0.1) is 0 Å². The predicted molar refractivity (Wildman–Crippen MR) is 115 cm³/mol. The number of hydrogen-bond donors (Lipinski definition) is 1. The van der Waals surface area contributed by atoms with Gasteiger partial charge >= 0.3 is 0 Å². The van der Waals surface area contributed by atoms with Crippen molar-refractivity contribution in [2.24, 2.45) is 0 Å². The van der Waals surface area contributed by atoms with Crippen LogP contribution in [0.5, 0.6) is 5.75 Å². The lowest BCUT2D eigenvalue weighted by molar-refractivity contribution is 0.0951. The summed E-state index contributed by atoms with van der Waals surface area (Å²) >= 11 is 11.8. The lowest BCUT2D eigenvalue weighted by Crippen LogP contribution is -2.47. The molecule has 2 aromatic carbocycles. The Kier molecular flexibility index (Phi) is 7.43. The molecule has 0 spiro atoms. The molecule has 3 rings (SSSR count). The highest BCUT2D eigenvalue weighted by Crippen LogP contribution is 2.22. The van der Waals surface area contributed by atoms with Gasteiger partial charge < -0.3 is 15.0 Å². The third-order valence-corrected chi connectivity index (χ3v) is 5.67. The number of carbonyl (C=O) groups is 1. The monoisotopic (exact) mass is 421 g/mol. The average molecular weight is 422 g/mol. The zero-order valence-electron chi connectivity index (χ0n) is 16.0. The number of anilines is 1. The number of rotatable bonds is 7. The van der Waals surface area contributed by atoms with Crippen LogP contribution in [-0.4, -0.2) is 57.2 Å². The van der Waals surface area contributed by atoms with Crippen molar-refractivity contribution in [2.75, 3.05) is 51.3 Å². The number of benzene rings is 2. The van der Waals surface area contributed by atoms with Crippen LogP contribution in [-0.2, 0) is 0 Å². The van der Waals surface area contributed by atoms with Gasteiger partial charge in [0.1, 0.15) is 5.75 Å². The summed E-state index contributed by atoms with van der Waals surface area (Å²) in [5.74, 6) is 0.758. The summed E-state index contributed by atoms with van der Waals surface area (Å²) < 4.78 is 5.22. The molecule has 1 N–H and O–H groups in total. The standard InChI is InChI=1S/C21H25Cl2N3O2/c1-28-18-6-4-17(5-7-18)26-13-11-25(12-14-26)10-2-9-24-21(27)16-3-8-19(22)20(23)15-16/h3-8,15H,2,9-14H2,1H3,(H,24,27). The molecule has 1 amide bonds. The van der Waals surface area contributed by atoms with Gasteiger partial charge in [-0.05, 0) is 55.4 Å². The van der Waals surface area contributed by atoms with Crippen molar-refractivity contribution in [1.82, 2.24) is 10.2 Å². The first-order valence-electron chi connectivity index (χ1n) is 9.41. The maximum atomic E-state index is 12.2. The first-order valence-corrected chi connectivity index (χ1v) is 10.2. The zero-order chi connectivity index (χ0) is 19.9. The second kappa shape index (κ2) is 10.0. The van der Waals surface area contributed by atoms with Crippen molar-refractivity contribution < 1.29 is 9.53 Å². The van der Waals surface area contributed by atoms with E-state index in [-0.39, 0.29) is 5.91 Å². The fourth-order valence-electron chi connectivity index (χ4n) is 3.27. The highest BCUT2D eigenvalue weighted by molar-refractivity contribution is 6.42. The van der Waals surface area contributed by atoms with Gasteiger partial charge in [0.25, 0.3) is 5.91 Å². The Morgan fingerprint density at radius 1 is 1.04 bits per heavy atom. The Bertz CT molecular complexity index is 791. The normalized spacial score (nSPS) is 14.8. The van der Waals surface area contributed by atoms with E-state index in [2.05, 4.69) is 27.2 Å². The number of halogens is 2. The third kappa shape index (κ3) is 5.53. The number of methoxy groups -OCH3 is 1. The topological polar surface area (TPSA) is 44.8 Å². The molecule has 0 aliphatic carbocycles. The predicted octanol–water partition coefficient (Wildman–Crippen LogP) is 3.94. The van der Waals surface area contributed by atoms with Crippen molar-refractivity contribution in [3.8, 4) is 5.75 Å². The zero-order valence-corrected chi connectivity index (χ0v) is 17.5. The van der Waals surface area contributed by atoms with Crippen LogP contribution in [0.25, 0.3) is 0 Å². The smallest absolute Gasteiger partial charge is 0.251 e. The molecular weight excluding hydrogens is 397 g/mol. The molecule has 0 saturated carbocycles. The van der Waals surface area contributed by atoms with Gasteiger partial charge in [-0.2, -0.15) is 0 Å². The second-order valence-corrected chi connectivity index (χ2v) is 7.58. The van der Waals surface area contributed by atoms with E-state index in [1.54, 1.807) is 25.3 Å². The highest BCUT2D eigenvalue weighted by Gasteiger charge is 2.17. The van der Waals surface area contributed by atoms with Crippen molar-refractivity contribution in [1.29, 1.82) is 0 Å². The summed E-state index contributed by atoms with van der Waals surface area (Å²) in [6.07, 6.45) is 0.912. The van der Waals surface area contributed by atoms with Crippen LogP contribution in [0.2, 0.25) is 10.0 Å². The molecule has 7 heteroatoms. The minimum Gasteiger partial charge on any atom is -0.497 e. The molecule has 2 aromatic rings. The quantitative estimate of drug-likeness (QED) is 0.687. The van der Waals surface area contributed by atoms with Crippen LogP contribution in [0.15, 0.2) is 42.5 Å². The van der Waals surface area contributed by atoms with Crippen LogP contribution in [0.4, 0.5) is 5.69 Å². The molecule has 0 atom stereocenters. The van der Waals surface area contributed by atoms with Gasteiger partial charge in [-0.3, -0.25) is 9.69 Å². The van der Waals surface area contributed by atoms with Crippen molar-refractivity contribution in [3.63, 3.8) is 0 Å². The summed E-state index contributed by atoms with van der Waals surface area (Å²) in [6, 6.07) is 13.1. The van der Waals surface area contributed by atoms with Crippen LogP contribution in [0, 0.1) is 0 Å². The minimum absolute atomic E-state index is 0.122. The summed E-state index contributed by atoms with van der Waals surface area (Å²) in [4.78, 5) is 17.0. The first-order chi connectivity index (χ1) is 13.6. The molecule has 1 saturated heterocycles. The van der Waals surface area contributed by atoms with Gasteiger partial charge in [-0.1, -0.05) is 23.2 Å². The number of ether oxygens (including phenoxy) is 1. The number of nitrogens with one attached hydrogen (secondary N) is 1. The minimum atomic E-state index is -0.122. The molecule has 1 aliphatic heterocycles. The second-order valence-electron chi connectivity index (χ2n) is 6.77. The van der Waals surface area contributed by atoms with E-state index in [1.165, 1.54) is 5.69 Å². The maximum Gasteiger partial charge on any atom is 0.251 e. The van der Waals surface area contributed by atoms with Crippen LogP contribution >= 0.6 is 23.2 Å². The molecule has 5 nitrogen and oxygen atoms in total.